The Morgan fingerprint density at radius 2 is 1.82 bits per heavy atom. The Morgan fingerprint density at radius 3 is 2.43 bits per heavy atom. The van der Waals surface area contributed by atoms with Crippen LogP contribution >= 0.6 is 0 Å². The molecule has 0 aliphatic carbocycles. The SMILES string of the molecule is Cc1ccc2c(c1)[C@@](CCC=O)(c1ccccc1)C(=O)N2C(=O)OC(C)(C)C. The third-order valence-electron chi connectivity index (χ3n) is 4.90. The van der Waals surface area contributed by atoms with Crippen molar-refractivity contribution in [1.82, 2.24) is 0 Å². The molecule has 1 aliphatic rings. The number of carbonyl (C=O) groups excluding carboxylic acids is 3. The summed E-state index contributed by atoms with van der Waals surface area (Å²) in [6.45, 7) is 7.23. The van der Waals surface area contributed by atoms with Crippen LogP contribution in [0.5, 0.6) is 0 Å². The molecule has 2 aromatic carbocycles. The number of carbonyl (C=O) groups is 3. The molecule has 146 valence electrons. The van der Waals surface area contributed by atoms with Gasteiger partial charge in [-0.2, -0.15) is 0 Å². The lowest BCUT2D eigenvalue weighted by Crippen LogP contribution is -2.46. The van der Waals surface area contributed by atoms with Crippen molar-refractivity contribution in [3.63, 3.8) is 0 Å². The second-order valence-electron chi connectivity index (χ2n) is 8.12. The summed E-state index contributed by atoms with van der Waals surface area (Å²) in [6.07, 6.45) is 0.598. The van der Waals surface area contributed by atoms with E-state index >= 15 is 0 Å². The van der Waals surface area contributed by atoms with Crippen molar-refractivity contribution in [2.75, 3.05) is 4.90 Å². The fourth-order valence-electron chi connectivity index (χ4n) is 3.75. The molecule has 28 heavy (non-hydrogen) atoms. The number of imide groups is 1. The van der Waals surface area contributed by atoms with Gasteiger partial charge in [0.05, 0.1) is 5.69 Å². The maximum Gasteiger partial charge on any atom is 0.421 e. The van der Waals surface area contributed by atoms with E-state index in [0.29, 0.717) is 5.69 Å². The van der Waals surface area contributed by atoms with Crippen molar-refractivity contribution in [3.05, 3.63) is 65.2 Å². The zero-order valence-corrected chi connectivity index (χ0v) is 16.7. The van der Waals surface area contributed by atoms with Crippen LogP contribution in [0.3, 0.4) is 0 Å². The standard InChI is InChI=1S/C23H25NO4/c1-16-11-12-19-18(15-16)23(13-8-14-25,17-9-6-5-7-10-17)20(26)24(19)21(27)28-22(2,3)4/h5-7,9-12,14-15H,8,13H2,1-4H3/t23-/m1/s1. The smallest absolute Gasteiger partial charge is 0.421 e. The molecule has 0 saturated heterocycles. The van der Waals surface area contributed by atoms with E-state index in [9.17, 15) is 14.4 Å². The molecule has 5 nitrogen and oxygen atoms in total. The first-order valence-electron chi connectivity index (χ1n) is 9.38. The van der Waals surface area contributed by atoms with E-state index in [1.807, 2.05) is 49.4 Å². The Hall–Kier alpha value is -2.95. The fraction of sp³-hybridized carbons (Fsp3) is 0.348. The summed E-state index contributed by atoms with van der Waals surface area (Å²) in [4.78, 5) is 39.0. The second kappa shape index (κ2) is 7.23. The average molecular weight is 379 g/mol. The summed E-state index contributed by atoms with van der Waals surface area (Å²) in [5, 5.41) is 0. The van der Waals surface area contributed by atoms with Gasteiger partial charge in [0.2, 0.25) is 0 Å². The van der Waals surface area contributed by atoms with Crippen molar-refractivity contribution in [2.24, 2.45) is 0 Å². The van der Waals surface area contributed by atoms with Crippen LogP contribution in [-0.2, 0) is 19.7 Å². The number of amides is 2. The van der Waals surface area contributed by atoms with Crippen LogP contribution in [0.15, 0.2) is 48.5 Å². The first-order chi connectivity index (χ1) is 13.2. The molecule has 0 N–H and O–H groups in total. The van der Waals surface area contributed by atoms with Gasteiger partial charge in [-0.25, -0.2) is 9.69 Å². The highest BCUT2D eigenvalue weighted by molar-refractivity contribution is 6.22. The largest absolute Gasteiger partial charge is 0.443 e. The maximum absolute atomic E-state index is 13.7. The molecular formula is C23H25NO4. The van der Waals surface area contributed by atoms with Crippen LogP contribution in [0.2, 0.25) is 0 Å². The van der Waals surface area contributed by atoms with E-state index in [1.54, 1.807) is 26.8 Å². The third kappa shape index (κ3) is 3.33. The summed E-state index contributed by atoms with van der Waals surface area (Å²) in [6, 6.07) is 14.9. The van der Waals surface area contributed by atoms with E-state index in [-0.39, 0.29) is 18.7 Å². The molecule has 3 rings (SSSR count). The maximum atomic E-state index is 13.7. The van der Waals surface area contributed by atoms with Gasteiger partial charge in [0.15, 0.2) is 0 Å². The molecule has 0 unspecified atom stereocenters. The number of benzene rings is 2. The van der Waals surface area contributed by atoms with Gasteiger partial charge in [-0.05, 0) is 51.3 Å². The zero-order valence-electron chi connectivity index (χ0n) is 16.7. The number of aryl methyl sites for hydroxylation is 1. The Labute approximate surface area is 165 Å². The van der Waals surface area contributed by atoms with Gasteiger partial charge in [-0.15, -0.1) is 0 Å². The molecule has 1 aliphatic heterocycles. The molecule has 1 heterocycles. The van der Waals surface area contributed by atoms with Crippen LogP contribution in [0.25, 0.3) is 0 Å². The molecule has 0 saturated carbocycles. The minimum absolute atomic E-state index is 0.205. The van der Waals surface area contributed by atoms with Gasteiger partial charge in [-0.1, -0.05) is 48.0 Å². The van der Waals surface area contributed by atoms with Gasteiger partial charge >= 0.3 is 6.09 Å². The predicted octanol–water partition coefficient (Wildman–Crippen LogP) is 4.54. The van der Waals surface area contributed by atoms with Gasteiger partial charge < -0.3 is 9.53 Å². The van der Waals surface area contributed by atoms with Crippen molar-refractivity contribution in [3.8, 4) is 0 Å². The molecule has 0 bridgehead atoms. The number of ether oxygens (including phenoxy) is 1. The van der Waals surface area contributed by atoms with Crippen LogP contribution in [0.4, 0.5) is 10.5 Å². The van der Waals surface area contributed by atoms with Crippen molar-refractivity contribution in [1.29, 1.82) is 0 Å². The lowest BCUT2D eigenvalue weighted by molar-refractivity contribution is -0.122. The van der Waals surface area contributed by atoms with Crippen molar-refractivity contribution in [2.45, 2.75) is 51.6 Å². The summed E-state index contributed by atoms with van der Waals surface area (Å²) < 4.78 is 5.51. The second-order valence-corrected chi connectivity index (χ2v) is 8.12. The Kier molecular flexibility index (Phi) is 5.11. The quantitative estimate of drug-likeness (QED) is 0.732. The molecule has 2 amide bonds. The van der Waals surface area contributed by atoms with E-state index in [1.165, 1.54) is 0 Å². The van der Waals surface area contributed by atoms with E-state index in [2.05, 4.69) is 0 Å². The number of fused-ring (bicyclic) bond motifs is 1. The van der Waals surface area contributed by atoms with Gasteiger partial charge in [0.1, 0.15) is 17.3 Å². The number of rotatable bonds is 4. The monoisotopic (exact) mass is 379 g/mol. The summed E-state index contributed by atoms with van der Waals surface area (Å²) in [5.41, 5.74) is 1.16. The summed E-state index contributed by atoms with van der Waals surface area (Å²) in [7, 11) is 0. The predicted molar refractivity (Wildman–Crippen MR) is 107 cm³/mol. The van der Waals surface area contributed by atoms with Crippen molar-refractivity contribution >= 4 is 24.0 Å². The first kappa shape index (κ1) is 19.8. The Bertz CT molecular complexity index is 914. The van der Waals surface area contributed by atoms with Gasteiger partial charge in [0.25, 0.3) is 5.91 Å². The topological polar surface area (TPSA) is 63.7 Å². The molecule has 0 spiro atoms. The van der Waals surface area contributed by atoms with Crippen LogP contribution in [0.1, 0.15) is 50.3 Å². The van der Waals surface area contributed by atoms with Gasteiger partial charge in [0, 0.05) is 6.42 Å². The number of anilines is 1. The molecular weight excluding hydrogens is 354 g/mol. The van der Waals surface area contributed by atoms with Crippen LogP contribution in [0, 0.1) is 6.92 Å². The minimum atomic E-state index is -1.10. The normalized spacial score (nSPS) is 18.7. The average Bonchev–Trinajstić information content (AvgIpc) is 2.87. The molecule has 1 atom stereocenters. The lowest BCUT2D eigenvalue weighted by Gasteiger charge is -2.29. The molecule has 2 aromatic rings. The Balaban J connectivity index is 2.23. The molecule has 5 heteroatoms. The highest BCUT2D eigenvalue weighted by atomic mass is 16.6. The van der Waals surface area contributed by atoms with E-state index < -0.39 is 17.1 Å². The number of nitrogens with zero attached hydrogens (tertiary/aromatic N) is 1. The highest BCUT2D eigenvalue weighted by Crippen LogP contribution is 2.49. The number of hydrogen-bond donors (Lipinski definition) is 0. The van der Waals surface area contributed by atoms with Gasteiger partial charge in [-0.3, -0.25) is 4.79 Å². The third-order valence-corrected chi connectivity index (χ3v) is 4.90. The van der Waals surface area contributed by atoms with E-state index in [0.717, 1.165) is 27.9 Å². The van der Waals surface area contributed by atoms with E-state index in [4.69, 9.17) is 4.74 Å². The lowest BCUT2D eigenvalue weighted by atomic mass is 9.72. The fourth-order valence-corrected chi connectivity index (χ4v) is 3.75. The van der Waals surface area contributed by atoms with Crippen molar-refractivity contribution < 1.29 is 19.1 Å². The summed E-state index contributed by atoms with van der Waals surface area (Å²) in [5.74, 6) is -0.379. The number of hydrogen-bond acceptors (Lipinski definition) is 4. The number of aldehydes is 1. The first-order valence-corrected chi connectivity index (χ1v) is 9.38. The highest BCUT2D eigenvalue weighted by Gasteiger charge is 2.54. The molecule has 0 aromatic heterocycles. The molecule has 0 fully saturated rings. The minimum Gasteiger partial charge on any atom is -0.443 e. The Morgan fingerprint density at radius 1 is 1.14 bits per heavy atom. The molecule has 0 radical (unpaired) electrons. The van der Waals surface area contributed by atoms with Crippen LogP contribution in [-0.4, -0.2) is 23.9 Å². The zero-order chi connectivity index (χ0) is 20.5. The van der Waals surface area contributed by atoms with Crippen LogP contribution < -0.4 is 4.90 Å². The summed E-state index contributed by atoms with van der Waals surface area (Å²) >= 11 is 0.